The summed E-state index contributed by atoms with van der Waals surface area (Å²) in [6.07, 6.45) is 1.77. The number of hydrogen-bond acceptors (Lipinski definition) is 6. The van der Waals surface area contributed by atoms with Crippen LogP contribution in [0.5, 0.6) is 5.75 Å². The first-order chi connectivity index (χ1) is 13.4. The van der Waals surface area contributed by atoms with E-state index in [1.165, 1.54) is 23.8 Å². The number of benzene rings is 2. The van der Waals surface area contributed by atoms with Gasteiger partial charge in [-0.05, 0) is 57.9 Å². The van der Waals surface area contributed by atoms with Crippen molar-refractivity contribution in [3.05, 3.63) is 61.9 Å². The highest BCUT2D eigenvalue weighted by atomic mass is 79.9. The Hall–Kier alpha value is -1.68. The second-order valence-corrected chi connectivity index (χ2v) is 9.00. The topological polar surface area (TPSA) is 55.8 Å². The first kappa shape index (κ1) is 21.0. The van der Waals surface area contributed by atoms with E-state index in [4.69, 9.17) is 17.0 Å². The summed E-state index contributed by atoms with van der Waals surface area (Å²) in [7, 11) is 1.30. The molecule has 0 atom stereocenters. The van der Waals surface area contributed by atoms with Crippen LogP contribution in [0.3, 0.4) is 0 Å². The van der Waals surface area contributed by atoms with Crippen LogP contribution in [0.15, 0.2) is 56.3 Å². The molecule has 0 aromatic heterocycles. The van der Waals surface area contributed by atoms with E-state index in [-0.39, 0.29) is 12.5 Å². The molecule has 0 saturated carbocycles. The van der Waals surface area contributed by atoms with E-state index in [2.05, 4.69) is 36.6 Å². The van der Waals surface area contributed by atoms with Crippen molar-refractivity contribution in [2.45, 2.75) is 0 Å². The van der Waals surface area contributed by atoms with Crippen LogP contribution in [0.4, 0.5) is 5.69 Å². The molecule has 9 heteroatoms. The van der Waals surface area contributed by atoms with Crippen LogP contribution in [0.25, 0.3) is 6.08 Å². The Bertz CT molecular complexity index is 994. The van der Waals surface area contributed by atoms with Crippen molar-refractivity contribution in [3.8, 4) is 5.75 Å². The number of rotatable bonds is 5. The number of halogens is 2. The third-order valence-corrected chi connectivity index (χ3v) is 6.10. The lowest BCUT2D eigenvalue weighted by Gasteiger charge is -2.14. The molecule has 1 saturated heterocycles. The third-order valence-electron chi connectivity index (χ3n) is 3.69. The minimum absolute atomic E-state index is 0.171. The molecule has 3 rings (SSSR count). The van der Waals surface area contributed by atoms with Crippen LogP contribution in [0, 0.1) is 0 Å². The van der Waals surface area contributed by atoms with Gasteiger partial charge in [-0.1, -0.05) is 52.0 Å². The molecular formula is C19H13Br2NO4S2. The second-order valence-electron chi connectivity index (χ2n) is 5.55. The number of esters is 1. The number of thiocarbonyl (C=S) groups is 1. The molecule has 1 fully saturated rings. The second kappa shape index (κ2) is 9.21. The van der Waals surface area contributed by atoms with E-state index in [0.717, 1.165) is 10.0 Å². The fourth-order valence-electron chi connectivity index (χ4n) is 2.38. The Morgan fingerprint density at radius 2 is 2.04 bits per heavy atom. The first-order valence-electron chi connectivity index (χ1n) is 7.91. The largest absolute Gasteiger partial charge is 0.481 e. The van der Waals surface area contributed by atoms with Gasteiger partial charge in [0.15, 0.2) is 10.9 Å². The molecule has 0 N–H and O–H groups in total. The van der Waals surface area contributed by atoms with Gasteiger partial charge in [0.2, 0.25) is 0 Å². The summed E-state index contributed by atoms with van der Waals surface area (Å²) in [6, 6.07) is 12.7. The lowest BCUT2D eigenvalue weighted by Crippen LogP contribution is -2.27. The fourth-order valence-corrected chi connectivity index (χ4v) is 4.57. The van der Waals surface area contributed by atoms with Gasteiger partial charge in [-0.15, -0.1) is 0 Å². The maximum Gasteiger partial charge on any atom is 0.343 e. The number of methoxy groups -OCH3 is 1. The molecule has 1 amide bonds. The predicted molar refractivity (Wildman–Crippen MR) is 121 cm³/mol. The number of nitrogens with zero attached hydrogens (tertiary/aromatic N) is 1. The van der Waals surface area contributed by atoms with Crippen LogP contribution in [0.2, 0.25) is 0 Å². The van der Waals surface area contributed by atoms with Crippen LogP contribution >= 0.6 is 55.8 Å². The average molecular weight is 543 g/mol. The summed E-state index contributed by atoms with van der Waals surface area (Å²) in [4.78, 5) is 26.1. The maximum atomic E-state index is 12.8. The van der Waals surface area contributed by atoms with Crippen molar-refractivity contribution in [1.29, 1.82) is 0 Å². The zero-order chi connectivity index (χ0) is 20.3. The lowest BCUT2D eigenvalue weighted by molar-refractivity contribution is -0.142. The van der Waals surface area contributed by atoms with Gasteiger partial charge in [-0.3, -0.25) is 9.69 Å². The standard InChI is InChI=1S/C19H13Br2NO4S2/c1-25-17(23)10-26-15-6-5-11(7-14(15)21)8-16-18(24)22(19(27)28-16)13-4-2-3-12(20)9-13/h2-9H,10H2,1H3/b16-8+. The molecule has 0 aliphatic carbocycles. The zero-order valence-electron chi connectivity index (χ0n) is 14.5. The van der Waals surface area contributed by atoms with Gasteiger partial charge in [0.25, 0.3) is 5.91 Å². The van der Waals surface area contributed by atoms with Crippen LogP contribution in [-0.4, -0.2) is 29.9 Å². The van der Waals surface area contributed by atoms with E-state index in [1.54, 1.807) is 24.3 Å². The number of ether oxygens (including phenoxy) is 2. The third kappa shape index (κ3) is 4.83. The van der Waals surface area contributed by atoms with E-state index in [1.807, 2.05) is 24.3 Å². The highest BCUT2D eigenvalue weighted by Gasteiger charge is 2.33. The van der Waals surface area contributed by atoms with Gasteiger partial charge in [0, 0.05) is 4.47 Å². The van der Waals surface area contributed by atoms with Crippen molar-refractivity contribution in [3.63, 3.8) is 0 Å². The summed E-state index contributed by atoms with van der Waals surface area (Å²) in [6.45, 7) is -0.181. The normalized spacial score (nSPS) is 15.2. The van der Waals surface area contributed by atoms with E-state index in [0.29, 0.717) is 25.1 Å². The van der Waals surface area contributed by atoms with Crippen molar-refractivity contribution in [2.75, 3.05) is 18.6 Å². The Balaban J connectivity index is 1.80. The lowest BCUT2D eigenvalue weighted by atomic mass is 10.2. The fraction of sp³-hybridized carbons (Fsp3) is 0.105. The van der Waals surface area contributed by atoms with Crippen LogP contribution in [0.1, 0.15) is 5.56 Å². The zero-order valence-corrected chi connectivity index (χ0v) is 19.3. The van der Waals surface area contributed by atoms with E-state index < -0.39 is 5.97 Å². The summed E-state index contributed by atoms with van der Waals surface area (Å²) < 4.78 is 12.0. The molecule has 2 aromatic rings. The highest BCUT2D eigenvalue weighted by Crippen LogP contribution is 2.37. The smallest absolute Gasteiger partial charge is 0.343 e. The molecule has 2 aromatic carbocycles. The summed E-state index contributed by atoms with van der Waals surface area (Å²) >= 11 is 13.5. The monoisotopic (exact) mass is 541 g/mol. The van der Waals surface area contributed by atoms with E-state index >= 15 is 0 Å². The van der Waals surface area contributed by atoms with Crippen molar-refractivity contribution >= 4 is 83.8 Å². The number of thioether (sulfide) groups is 1. The number of hydrogen-bond donors (Lipinski definition) is 0. The van der Waals surface area contributed by atoms with Crippen molar-refractivity contribution in [1.82, 2.24) is 0 Å². The molecule has 0 bridgehead atoms. The van der Waals surface area contributed by atoms with Crippen LogP contribution < -0.4 is 9.64 Å². The van der Waals surface area contributed by atoms with Gasteiger partial charge in [0.05, 0.1) is 22.2 Å². The average Bonchev–Trinajstić information content (AvgIpc) is 2.94. The Labute approximate surface area is 188 Å². The molecule has 144 valence electrons. The molecule has 1 aliphatic rings. The number of carbonyl (C=O) groups excluding carboxylic acids is 2. The molecule has 0 radical (unpaired) electrons. The summed E-state index contributed by atoms with van der Waals surface area (Å²) in [5.74, 6) is -0.133. The van der Waals surface area contributed by atoms with Crippen molar-refractivity contribution < 1.29 is 19.1 Å². The minimum Gasteiger partial charge on any atom is -0.481 e. The SMILES string of the molecule is COC(=O)COc1ccc(/C=C2/SC(=S)N(c3cccc(Br)c3)C2=O)cc1Br. The Morgan fingerprint density at radius 3 is 2.71 bits per heavy atom. The van der Waals surface area contributed by atoms with Gasteiger partial charge >= 0.3 is 5.97 Å². The quantitative estimate of drug-likeness (QED) is 0.295. The summed E-state index contributed by atoms with van der Waals surface area (Å²) in [5.41, 5.74) is 1.51. The van der Waals surface area contributed by atoms with Gasteiger partial charge in [0.1, 0.15) is 5.75 Å². The molecule has 5 nitrogen and oxygen atoms in total. The van der Waals surface area contributed by atoms with Crippen molar-refractivity contribution in [2.24, 2.45) is 0 Å². The molecular weight excluding hydrogens is 530 g/mol. The highest BCUT2D eigenvalue weighted by molar-refractivity contribution is 9.10. The minimum atomic E-state index is -0.466. The number of carbonyl (C=O) groups is 2. The van der Waals surface area contributed by atoms with Crippen LogP contribution in [-0.2, 0) is 14.3 Å². The molecule has 0 spiro atoms. The molecule has 0 unspecified atom stereocenters. The first-order valence-corrected chi connectivity index (χ1v) is 10.7. The summed E-state index contributed by atoms with van der Waals surface area (Å²) in [5, 5.41) is 0. The van der Waals surface area contributed by atoms with E-state index in [9.17, 15) is 9.59 Å². The van der Waals surface area contributed by atoms with Gasteiger partial charge < -0.3 is 9.47 Å². The number of anilines is 1. The Kier molecular flexibility index (Phi) is 6.92. The molecule has 28 heavy (non-hydrogen) atoms. The maximum absolute atomic E-state index is 12.8. The predicted octanol–water partition coefficient (Wildman–Crippen LogP) is 5.17. The van der Waals surface area contributed by atoms with Gasteiger partial charge in [-0.2, -0.15) is 0 Å². The van der Waals surface area contributed by atoms with Gasteiger partial charge in [-0.25, -0.2) is 4.79 Å². The number of amides is 1. The Morgan fingerprint density at radius 1 is 1.25 bits per heavy atom. The molecule has 1 heterocycles. The molecule has 1 aliphatic heterocycles.